The lowest BCUT2D eigenvalue weighted by Gasteiger charge is -2.13. The molecule has 0 fully saturated rings. The second-order valence-corrected chi connectivity index (χ2v) is 6.84. The van der Waals surface area contributed by atoms with Crippen molar-refractivity contribution in [1.82, 2.24) is 5.32 Å². The number of hydrogen-bond acceptors (Lipinski definition) is 5. The lowest BCUT2D eigenvalue weighted by Crippen LogP contribution is -2.24. The number of ether oxygens (including phenoxy) is 1. The van der Waals surface area contributed by atoms with Crippen LogP contribution in [0, 0.1) is 15.9 Å². The molecule has 0 bridgehead atoms. The lowest BCUT2D eigenvalue weighted by atomic mass is 10.1. The molecular weight excluding hydrogens is 395 g/mol. The summed E-state index contributed by atoms with van der Waals surface area (Å²) in [6, 6.07) is 17.3. The summed E-state index contributed by atoms with van der Waals surface area (Å²) in [4.78, 5) is 24.0. The summed E-state index contributed by atoms with van der Waals surface area (Å²) in [5.41, 5.74) is 0.318. The highest BCUT2D eigenvalue weighted by Crippen LogP contribution is 2.28. The van der Waals surface area contributed by atoms with Crippen LogP contribution in [0.15, 0.2) is 71.6 Å². The molecule has 0 heterocycles. The van der Waals surface area contributed by atoms with E-state index in [1.165, 1.54) is 36.0 Å². The van der Waals surface area contributed by atoms with Crippen LogP contribution >= 0.6 is 11.8 Å². The first-order valence-corrected chi connectivity index (χ1v) is 9.83. The fraction of sp³-hybridized carbons (Fsp3) is 0.0952. The van der Waals surface area contributed by atoms with Gasteiger partial charge in [0.25, 0.3) is 11.6 Å². The molecule has 1 N–H and O–H groups in total. The van der Waals surface area contributed by atoms with Gasteiger partial charge in [-0.05, 0) is 36.6 Å². The molecule has 0 aromatic heterocycles. The quantitative estimate of drug-likeness (QED) is 0.329. The first-order valence-electron chi connectivity index (χ1n) is 8.60. The molecule has 0 spiro atoms. The van der Waals surface area contributed by atoms with Gasteiger partial charge in [0.2, 0.25) is 0 Å². The molecule has 6 nitrogen and oxygen atoms in total. The Kier molecular flexibility index (Phi) is 6.46. The van der Waals surface area contributed by atoms with Crippen LogP contribution in [0.4, 0.5) is 10.1 Å². The molecule has 8 heteroatoms. The van der Waals surface area contributed by atoms with Crippen LogP contribution in [-0.2, 0) is 6.54 Å². The SMILES string of the molecule is CSc1ccc([N+](=O)[O-])c(C(=O)NCc2ccccc2Oc2ccccc2F)c1. The number of benzene rings is 3. The van der Waals surface area contributed by atoms with Crippen LogP contribution in [0.3, 0.4) is 0 Å². The molecule has 148 valence electrons. The van der Waals surface area contributed by atoms with Crippen LogP contribution < -0.4 is 10.1 Å². The number of carbonyl (C=O) groups is 1. The molecule has 3 aromatic carbocycles. The number of hydrogen-bond donors (Lipinski definition) is 1. The van der Waals surface area contributed by atoms with E-state index in [-0.39, 0.29) is 23.5 Å². The van der Waals surface area contributed by atoms with Crippen LogP contribution in [0.25, 0.3) is 0 Å². The predicted octanol–water partition coefficient (Wildman–Crippen LogP) is 5.18. The average Bonchev–Trinajstić information content (AvgIpc) is 2.74. The van der Waals surface area contributed by atoms with Gasteiger partial charge in [-0.25, -0.2) is 4.39 Å². The normalized spacial score (nSPS) is 10.4. The number of carbonyl (C=O) groups excluding carboxylic acids is 1. The molecule has 0 saturated heterocycles. The second kappa shape index (κ2) is 9.20. The molecule has 3 aromatic rings. The largest absolute Gasteiger partial charge is 0.454 e. The third-order valence-electron chi connectivity index (χ3n) is 4.11. The minimum atomic E-state index is -0.589. The highest BCUT2D eigenvalue weighted by Gasteiger charge is 2.21. The Bertz CT molecular complexity index is 1060. The van der Waals surface area contributed by atoms with Crippen molar-refractivity contribution in [1.29, 1.82) is 0 Å². The summed E-state index contributed by atoms with van der Waals surface area (Å²) >= 11 is 1.38. The predicted molar refractivity (Wildman–Crippen MR) is 109 cm³/mol. The zero-order valence-electron chi connectivity index (χ0n) is 15.4. The van der Waals surface area contributed by atoms with Gasteiger partial charge in [-0.3, -0.25) is 14.9 Å². The average molecular weight is 412 g/mol. The molecule has 0 aliphatic carbocycles. The van der Waals surface area contributed by atoms with E-state index in [0.29, 0.717) is 11.3 Å². The Morgan fingerprint density at radius 2 is 1.79 bits per heavy atom. The summed E-state index contributed by atoms with van der Waals surface area (Å²) in [7, 11) is 0. The van der Waals surface area contributed by atoms with E-state index >= 15 is 0 Å². The van der Waals surface area contributed by atoms with Gasteiger partial charge in [0, 0.05) is 23.1 Å². The highest BCUT2D eigenvalue weighted by molar-refractivity contribution is 7.98. The molecule has 29 heavy (non-hydrogen) atoms. The van der Waals surface area contributed by atoms with Crippen molar-refractivity contribution in [3.8, 4) is 11.5 Å². The summed E-state index contributed by atoms with van der Waals surface area (Å²) in [6.07, 6.45) is 1.82. The monoisotopic (exact) mass is 412 g/mol. The van der Waals surface area contributed by atoms with Gasteiger partial charge in [0.1, 0.15) is 11.3 Å². The minimum Gasteiger partial charge on any atom is -0.454 e. The fourth-order valence-electron chi connectivity index (χ4n) is 2.65. The Morgan fingerprint density at radius 3 is 2.48 bits per heavy atom. The van der Waals surface area contributed by atoms with Crippen molar-refractivity contribution in [2.75, 3.05) is 6.26 Å². The molecule has 0 saturated carbocycles. The number of nitrogens with zero attached hydrogens (tertiary/aromatic N) is 1. The number of nitro groups is 1. The summed E-state index contributed by atoms with van der Waals surface area (Å²) in [5, 5.41) is 13.9. The van der Waals surface area contributed by atoms with Gasteiger partial charge in [-0.1, -0.05) is 30.3 Å². The molecule has 0 radical (unpaired) electrons. The molecule has 0 aliphatic heterocycles. The van der Waals surface area contributed by atoms with Crippen LogP contribution in [-0.4, -0.2) is 17.1 Å². The van der Waals surface area contributed by atoms with Crippen molar-refractivity contribution in [2.24, 2.45) is 0 Å². The number of thioether (sulfide) groups is 1. The Hall–Kier alpha value is -3.39. The summed E-state index contributed by atoms with van der Waals surface area (Å²) in [6.45, 7) is 0.0596. The van der Waals surface area contributed by atoms with Crippen molar-refractivity contribution >= 4 is 23.4 Å². The number of nitrogens with one attached hydrogen (secondary N) is 1. The number of rotatable bonds is 7. The van der Waals surface area contributed by atoms with Crippen molar-refractivity contribution in [3.05, 3.63) is 93.8 Å². The van der Waals surface area contributed by atoms with Gasteiger partial charge in [0.15, 0.2) is 11.6 Å². The molecule has 0 unspecified atom stereocenters. The minimum absolute atomic E-state index is 0.0191. The Balaban J connectivity index is 1.80. The van der Waals surface area contributed by atoms with Gasteiger partial charge in [-0.15, -0.1) is 11.8 Å². The lowest BCUT2D eigenvalue weighted by molar-refractivity contribution is -0.385. The van der Waals surface area contributed by atoms with E-state index in [1.807, 2.05) is 6.26 Å². The van der Waals surface area contributed by atoms with Crippen LogP contribution in [0.2, 0.25) is 0 Å². The van der Waals surface area contributed by atoms with E-state index in [1.54, 1.807) is 42.5 Å². The molecule has 3 rings (SSSR count). The highest BCUT2D eigenvalue weighted by atomic mass is 32.2. The molecular formula is C21H17FN2O4S. The topological polar surface area (TPSA) is 81.5 Å². The maximum absolute atomic E-state index is 13.9. The van der Waals surface area contributed by atoms with Crippen LogP contribution in [0.1, 0.15) is 15.9 Å². The first-order chi connectivity index (χ1) is 14.0. The maximum Gasteiger partial charge on any atom is 0.282 e. The Morgan fingerprint density at radius 1 is 1.10 bits per heavy atom. The van der Waals surface area contributed by atoms with E-state index in [0.717, 1.165) is 4.90 Å². The fourth-order valence-corrected chi connectivity index (χ4v) is 3.09. The zero-order chi connectivity index (χ0) is 20.8. The molecule has 1 amide bonds. The van der Waals surface area contributed by atoms with E-state index in [2.05, 4.69) is 5.32 Å². The zero-order valence-corrected chi connectivity index (χ0v) is 16.2. The number of nitro benzene ring substituents is 1. The van der Waals surface area contributed by atoms with E-state index < -0.39 is 16.6 Å². The number of amides is 1. The summed E-state index contributed by atoms with van der Waals surface area (Å²) in [5.74, 6) is -0.635. The third-order valence-corrected chi connectivity index (χ3v) is 4.84. The molecule has 0 atom stereocenters. The molecule has 0 aliphatic rings. The Labute approximate surface area is 170 Å². The van der Waals surface area contributed by atoms with E-state index in [4.69, 9.17) is 4.74 Å². The third kappa shape index (κ3) is 4.91. The maximum atomic E-state index is 13.9. The van der Waals surface area contributed by atoms with Crippen molar-refractivity contribution < 1.29 is 18.8 Å². The van der Waals surface area contributed by atoms with Gasteiger partial charge in [0.05, 0.1) is 4.92 Å². The standard InChI is InChI=1S/C21H17FN2O4S/c1-29-15-10-11-18(24(26)27)16(12-15)21(25)23-13-14-6-2-4-8-19(14)28-20-9-5-3-7-17(20)22/h2-12H,13H2,1H3,(H,23,25). The van der Waals surface area contributed by atoms with Crippen LogP contribution in [0.5, 0.6) is 11.5 Å². The first kappa shape index (κ1) is 20.3. The number of para-hydroxylation sites is 2. The van der Waals surface area contributed by atoms with E-state index in [9.17, 15) is 19.3 Å². The van der Waals surface area contributed by atoms with Crippen molar-refractivity contribution in [2.45, 2.75) is 11.4 Å². The summed E-state index contributed by atoms with van der Waals surface area (Å²) < 4.78 is 19.5. The number of halogens is 1. The van der Waals surface area contributed by atoms with Gasteiger partial charge < -0.3 is 10.1 Å². The van der Waals surface area contributed by atoms with Gasteiger partial charge >= 0.3 is 0 Å². The smallest absolute Gasteiger partial charge is 0.282 e. The second-order valence-electron chi connectivity index (χ2n) is 5.96. The van der Waals surface area contributed by atoms with Crippen molar-refractivity contribution in [3.63, 3.8) is 0 Å². The van der Waals surface area contributed by atoms with Gasteiger partial charge in [-0.2, -0.15) is 0 Å².